The van der Waals surface area contributed by atoms with E-state index in [1.54, 1.807) is 25.3 Å². The SMILES string of the molecule is COc1ccccc1/C=C(\CC(=O)N1CC2CCCCC2C1)C(=O)O. The maximum absolute atomic E-state index is 12.6. The molecule has 1 amide bonds. The molecule has 5 nitrogen and oxygen atoms in total. The smallest absolute Gasteiger partial charge is 0.332 e. The van der Waals surface area contributed by atoms with Crippen molar-refractivity contribution in [1.29, 1.82) is 0 Å². The highest BCUT2D eigenvalue weighted by Gasteiger charge is 2.36. The standard InChI is InChI=1S/C20H25NO4/c1-25-18-9-5-4-6-14(18)10-17(20(23)24)11-19(22)21-12-15-7-2-3-8-16(15)13-21/h4-6,9-10,15-16H,2-3,7-8,11-13H2,1H3,(H,23,24)/b17-10+. The number of carbonyl (C=O) groups is 2. The van der Waals surface area contributed by atoms with Gasteiger partial charge in [-0.05, 0) is 36.8 Å². The van der Waals surface area contributed by atoms with Gasteiger partial charge in [-0.3, -0.25) is 4.79 Å². The first-order chi connectivity index (χ1) is 12.1. The van der Waals surface area contributed by atoms with Crippen LogP contribution in [0.25, 0.3) is 6.08 Å². The van der Waals surface area contributed by atoms with E-state index in [-0.39, 0.29) is 17.9 Å². The molecule has 0 aromatic heterocycles. The van der Waals surface area contributed by atoms with Gasteiger partial charge in [-0.1, -0.05) is 31.0 Å². The third-order valence-corrected chi connectivity index (χ3v) is 5.41. The highest BCUT2D eigenvalue weighted by atomic mass is 16.5. The highest BCUT2D eigenvalue weighted by Crippen LogP contribution is 2.36. The molecule has 25 heavy (non-hydrogen) atoms. The maximum Gasteiger partial charge on any atom is 0.332 e. The number of fused-ring (bicyclic) bond motifs is 1. The van der Waals surface area contributed by atoms with Crippen molar-refractivity contribution in [3.63, 3.8) is 0 Å². The number of carboxylic acid groups (broad SMARTS) is 1. The number of aliphatic carboxylic acids is 1. The Labute approximate surface area is 148 Å². The molecule has 0 spiro atoms. The molecule has 1 saturated heterocycles. The Balaban J connectivity index is 1.72. The Morgan fingerprint density at radius 1 is 1.20 bits per heavy atom. The average molecular weight is 343 g/mol. The first-order valence-corrected chi connectivity index (χ1v) is 8.93. The summed E-state index contributed by atoms with van der Waals surface area (Å²) in [5.41, 5.74) is 0.773. The van der Waals surface area contributed by atoms with E-state index in [9.17, 15) is 14.7 Å². The van der Waals surface area contributed by atoms with Crippen molar-refractivity contribution in [2.24, 2.45) is 11.8 Å². The lowest BCUT2D eigenvalue weighted by molar-refractivity contribution is -0.136. The van der Waals surface area contributed by atoms with Crippen LogP contribution in [0.5, 0.6) is 5.75 Å². The van der Waals surface area contributed by atoms with Crippen LogP contribution in [0.4, 0.5) is 0 Å². The maximum atomic E-state index is 12.6. The second-order valence-electron chi connectivity index (χ2n) is 7.00. The van der Waals surface area contributed by atoms with E-state index >= 15 is 0 Å². The van der Waals surface area contributed by atoms with Gasteiger partial charge in [-0.25, -0.2) is 4.79 Å². The van der Waals surface area contributed by atoms with Gasteiger partial charge in [0.1, 0.15) is 5.75 Å². The van der Waals surface area contributed by atoms with Gasteiger partial charge in [0.25, 0.3) is 0 Å². The van der Waals surface area contributed by atoms with Crippen LogP contribution in [-0.4, -0.2) is 42.1 Å². The Morgan fingerprint density at radius 2 is 1.84 bits per heavy atom. The molecule has 1 N–H and O–H groups in total. The van der Waals surface area contributed by atoms with E-state index in [4.69, 9.17) is 4.74 Å². The summed E-state index contributed by atoms with van der Waals surface area (Å²) in [4.78, 5) is 26.1. The molecular formula is C20H25NO4. The molecule has 2 fully saturated rings. The second-order valence-corrected chi connectivity index (χ2v) is 7.00. The molecule has 1 aromatic rings. The van der Waals surface area contributed by atoms with Gasteiger partial charge >= 0.3 is 5.97 Å². The number of hydrogen-bond donors (Lipinski definition) is 1. The summed E-state index contributed by atoms with van der Waals surface area (Å²) < 4.78 is 5.26. The summed E-state index contributed by atoms with van der Waals surface area (Å²) in [7, 11) is 1.55. The van der Waals surface area contributed by atoms with E-state index in [2.05, 4.69) is 0 Å². The van der Waals surface area contributed by atoms with Crippen molar-refractivity contribution in [3.05, 3.63) is 35.4 Å². The van der Waals surface area contributed by atoms with Crippen LogP contribution in [0.15, 0.2) is 29.8 Å². The minimum Gasteiger partial charge on any atom is -0.496 e. The Kier molecular flexibility index (Phi) is 5.41. The Hall–Kier alpha value is -2.30. The fourth-order valence-electron chi connectivity index (χ4n) is 4.05. The second kappa shape index (κ2) is 7.72. The monoisotopic (exact) mass is 343 g/mol. The predicted molar refractivity (Wildman–Crippen MR) is 95.3 cm³/mol. The zero-order chi connectivity index (χ0) is 17.8. The number of ether oxygens (including phenoxy) is 1. The molecule has 0 radical (unpaired) electrons. The van der Waals surface area contributed by atoms with Crippen LogP contribution >= 0.6 is 0 Å². The van der Waals surface area contributed by atoms with Gasteiger partial charge in [0.2, 0.25) is 5.91 Å². The molecule has 1 aromatic carbocycles. The van der Waals surface area contributed by atoms with Gasteiger partial charge in [-0.15, -0.1) is 0 Å². The number of hydrogen-bond acceptors (Lipinski definition) is 3. The molecule has 3 rings (SSSR count). The van der Waals surface area contributed by atoms with Gasteiger partial charge in [0, 0.05) is 24.2 Å². The molecule has 2 unspecified atom stereocenters. The molecule has 2 atom stereocenters. The first kappa shape index (κ1) is 17.5. The fraction of sp³-hybridized carbons (Fsp3) is 0.500. The van der Waals surface area contributed by atoms with Crippen molar-refractivity contribution >= 4 is 18.0 Å². The van der Waals surface area contributed by atoms with Gasteiger partial charge in [-0.2, -0.15) is 0 Å². The van der Waals surface area contributed by atoms with Gasteiger partial charge < -0.3 is 14.7 Å². The number of para-hydroxylation sites is 1. The number of benzene rings is 1. The largest absolute Gasteiger partial charge is 0.496 e. The topological polar surface area (TPSA) is 66.8 Å². The lowest BCUT2D eigenvalue weighted by Crippen LogP contribution is -2.29. The number of amides is 1. The number of carboxylic acids is 1. The van der Waals surface area contributed by atoms with Crippen molar-refractivity contribution in [2.75, 3.05) is 20.2 Å². The van der Waals surface area contributed by atoms with Crippen LogP contribution in [0.1, 0.15) is 37.7 Å². The molecule has 5 heteroatoms. The molecular weight excluding hydrogens is 318 g/mol. The van der Waals surface area contributed by atoms with Crippen molar-refractivity contribution < 1.29 is 19.4 Å². The number of likely N-dealkylation sites (tertiary alicyclic amines) is 1. The fourth-order valence-corrected chi connectivity index (χ4v) is 4.05. The molecule has 1 heterocycles. The molecule has 134 valence electrons. The van der Waals surface area contributed by atoms with E-state index < -0.39 is 5.97 Å². The lowest BCUT2D eigenvalue weighted by atomic mass is 9.82. The van der Waals surface area contributed by atoms with Crippen LogP contribution in [-0.2, 0) is 9.59 Å². The summed E-state index contributed by atoms with van der Waals surface area (Å²) >= 11 is 0. The minimum absolute atomic E-state index is 0.0766. The van der Waals surface area contributed by atoms with E-state index in [0.717, 1.165) is 13.1 Å². The zero-order valence-electron chi connectivity index (χ0n) is 14.6. The minimum atomic E-state index is -1.06. The molecule has 0 bridgehead atoms. The average Bonchev–Trinajstić information content (AvgIpc) is 3.05. The van der Waals surface area contributed by atoms with Crippen molar-refractivity contribution in [2.45, 2.75) is 32.1 Å². The van der Waals surface area contributed by atoms with E-state index in [0.29, 0.717) is 23.1 Å². The summed E-state index contributed by atoms with van der Waals surface area (Å²) in [6.07, 6.45) is 6.35. The van der Waals surface area contributed by atoms with Gasteiger partial charge in [0.05, 0.1) is 13.5 Å². The van der Waals surface area contributed by atoms with E-state index in [1.807, 2.05) is 17.0 Å². The van der Waals surface area contributed by atoms with E-state index in [1.165, 1.54) is 25.7 Å². The highest BCUT2D eigenvalue weighted by molar-refractivity contribution is 5.98. The third-order valence-electron chi connectivity index (χ3n) is 5.41. The summed E-state index contributed by atoms with van der Waals surface area (Å²) in [5.74, 6) is 0.656. The van der Waals surface area contributed by atoms with Crippen LogP contribution < -0.4 is 4.74 Å². The van der Waals surface area contributed by atoms with Crippen LogP contribution in [0.3, 0.4) is 0 Å². The summed E-state index contributed by atoms with van der Waals surface area (Å²) in [6.45, 7) is 1.57. The number of carbonyl (C=O) groups excluding carboxylic acids is 1. The first-order valence-electron chi connectivity index (χ1n) is 8.93. The van der Waals surface area contributed by atoms with Crippen molar-refractivity contribution in [3.8, 4) is 5.75 Å². The summed E-state index contributed by atoms with van der Waals surface area (Å²) in [6, 6.07) is 7.21. The Morgan fingerprint density at radius 3 is 2.44 bits per heavy atom. The number of methoxy groups -OCH3 is 1. The zero-order valence-corrected chi connectivity index (χ0v) is 14.6. The lowest BCUT2D eigenvalue weighted by Gasteiger charge is -2.22. The number of nitrogens with zero attached hydrogens (tertiary/aromatic N) is 1. The van der Waals surface area contributed by atoms with Gasteiger partial charge in [0.15, 0.2) is 0 Å². The molecule has 2 aliphatic rings. The molecule has 1 aliphatic carbocycles. The normalized spacial score (nSPS) is 23.2. The van der Waals surface area contributed by atoms with Crippen LogP contribution in [0, 0.1) is 11.8 Å². The van der Waals surface area contributed by atoms with Crippen molar-refractivity contribution in [1.82, 2.24) is 4.90 Å². The molecule has 1 aliphatic heterocycles. The van der Waals surface area contributed by atoms with Crippen LogP contribution in [0.2, 0.25) is 0 Å². The predicted octanol–water partition coefficient (Wildman–Crippen LogP) is 3.20. The third kappa shape index (κ3) is 4.03. The summed E-state index contributed by atoms with van der Waals surface area (Å²) in [5, 5.41) is 9.52. The Bertz CT molecular complexity index is 668. The number of rotatable bonds is 5. The quantitative estimate of drug-likeness (QED) is 0.834. The molecule has 1 saturated carbocycles.